The van der Waals surface area contributed by atoms with Crippen LogP contribution in [0.1, 0.15) is 31.9 Å². The minimum atomic E-state index is -0.874. The highest BCUT2D eigenvalue weighted by molar-refractivity contribution is 9.10. The van der Waals surface area contributed by atoms with Crippen molar-refractivity contribution in [1.82, 2.24) is 5.01 Å². The van der Waals surface area contributed by atoms with Gasteiger partial charge in [0, 0.05) is 11.1 Å². The normalized spacial score (nSPS) is 14.2. The van der Waals surface area contributed by atoms with E-state index in [0.29, 0.717) is 22.9 Å². The molecule has 0 saturated heterocycles. The van der Waals surface area contributed by atoms with Crippen LogP contribution in [-0.2, 0) is 5.41 Å². The van der Waals surface area contributed by atoms with E-state index < -0.39 is 12.2 Å². The zero-order chi connectivity index (χ0) is 26.2. The molecule has 0 heterocycles. The number of halogens is 2. The molecule has 0 aliphatic rings. The fourth-order valence-corrected chi connectivity index (χ4v) is 3.98. The zero-order valence-corrected chi connectivity index (χ0v) is 22.6. The van der Waals surface area contributed by atoms with Gasteiger partial charge in [0.2, 0.25) is 0 Å². The van der Waals surface area contributed by atoms with E-state index in [-0.39, 0.29) is 37.7 Å². The number of alkyl halides is 1. The molecule has 0 aliphatic carbocycles. The molecule has 0 bridgehead atoms. The minimum Gasteiger partial charge on any atom is -0.491 e. The molecule has 2 atom stereocenters. The van der Waals surface area contributed by atoms with Crippen molar-refractivity contribution in [2.24, 2.45) is 11.6 Å². The summed E-state index contributed by atoms with van der Waals surface area (Å²) in [6.07, 6.45) is -1.60. The van der Waals surface area contributed by atoms with E-state index in [1.165, 1.54) is 5.01 Å². The Morgan fingerprint density at radius 3 is 2.20 bits per heavy atom. The first-order valence-corrected chi connectivity index (χ1v) is 12.5. The molecule has 7 N–H and O–H groups in total. The molecule has 194 valence electrons. The van der Waals surface area contributed by atoms with Crippen molar-refractivity contribution in [1.29, 1.82) is 0 Å². The SMILES string of the molecule is C/C(N)=C(\CO)N(N)C[C@@H](O)COc1ccc(C(C)(C)c2ccc(OC[C@@H](O)CCl)c(Br)c2)cc1. The maximum atomic E-state index is 10.2. The number of benzene rings is 2. The van der Waals surface area contributed by atoms with Crippen LogP contribution in [0.3, 0.4) is 0 Å². The van der Waals surface area contributed by atoms with Crippen LogP contribution in [0.4, 0.5) is 0 Å². The van der Waals surface area contributed by atoms with Crippen LogP contribution in [0, 0.1) is 0 Å². The monoisotopic (exact) mass is 571 g/mol. The zero-order valence-electron chi connectivity index (χ0n) is 20.2. The summed E-state index contributed by atoms with van der Waals surface area (Å²) >= 11 is 9.17. The Bertz CT molecular complexity index is 984. The Morgan fingerprint density at radius 2 is 1.66 bits per heavy atom. The fraction of sp³-hybridized carbons (Fsp3) is 0.440. The molecule has 2 rings (SSSR count). The van der Waals surface area contributed by atoms with E-state index in [4.69, 9.17) is 32.7 Å². The predicted molar refractivity (Wildman–Crippen MR) is 141 cm³/mol. The smallest absolute Gasteiger partial charge is 0.133 e. The van der Waals surface area contributed by atoms with Gasteiger partial charge in [-0.3, -0.25) is 0 Å². The molecule has 35 heavy (non-hydrogen) atoms. The van der Waals surface area contributed by atoms with Crippen molar-refractivity contribution >= 4 is 27.5 Å². The number of ether oxygens (including phenoxy) is 2. The molecule has 0 unspecified atom stereocenters. The van der Waals surface area contributed by atoms with Gasteiger partial charge in [0.1, 0.15) is 36.9 Å². The molecule has 8 nitrogen and oxygen atoms in total. The average Bonchev–Trinajstić information content (AvgIpc) is 2.82. The summed E-state index contributed by atoms with van der Waals surface area (Å²) in [5.74, 6) is 7.23. The summed E-state index contributed by atoms with van der Waals surface area (Å²) in [4.78, 5) is 0. The van der Waals surface area contributed by atoms with E-state index in [0.717, 1.165) is 15.6 Å². The molecular weight excluding hydrogens is 538 g/mol. The van der Waals surface area contributed by atoms with Crippen LogP contribution in [0.25, 0.3) is 0 Å². The number of aliphatic hydroxyl groups excluding tert-OH is 3. The summed E-state index contributed by atoms with van der Waals surface area (Å²) in [7, 11) is 0. The Hall–Kier alpha value is -2.01. The van der Waals surface area contributed by atoms with Crippen LogP contribution in [0.15, 0.2) is 58.3 Å². The second kappa shape index (κ2) is 13.3. The van der Waals surface area contributed by atoms with Crippen LogP contribution in [0.5, 0.6) is 11.5 Å². The number of hydrazine groups is 1. The van der Waals surface area contributed by atoms with E-state index in [2.05, 4.69) is 29.8 Å². The predicted octanol–water partition coefficient (Wildman–Crippen LogP) is 2.85. The molecule has 0 aliphatic heterocycles. The molecule has 2 aromatic rings. The third-order valence-corrected chi connectivity index (χ3v) is 6.62. The molecule has 0 aromatic heterocycles. The van der Waals surface area contributed by atoms with E-state index in [1.54, 1.807) is 6.92 Å². The largest absolute Gasteiger partial charge is 0.491 e. The number of nitrogens with two attached hydrogens (primary N) is 2. The Morgan fingerprint density at radius 1 is 1.06 bits per heavy atom. The van der Waals surface area contributed by atoms with Crippen LogP contribution in [-0.4, -0.2) is 64.8 Å². The molecule has 10 heteroatoms. The van der Waals surface area contributed by atoms with Gasteiger partial charge < -0.3 is 35.5 Å². The van der Waals surface area contributed by atoms with Crippen molar-refractivity contribution in [3.05, 3.63) is 69.5 Å². The average molecular weight is 573 g/mol. The molecule has 0 saturated carbocycles. The molecular formula is C25H35BrClN3O5. The Labute approximate surface area is 220 Å². The first-order valence-electron chi connectivity index (χ1n) is 11.2. The van der Waals surface area contributed by atoms with Gasteiger partial charge in [-0.25, -0.2) is 5.84 Å². The van der Waals surface area contributed by atoms with Crippen molar-refractivity contribution in [3.63, 3.8) is 0 Å². The van der Waals surface area contributed by atoms with Gasteiger partial charge in [0.05, 0.1) is 29.2 Å². The molecule has 0 spiro atoms. The second-order valence-corrected chi connectivity index (χ2v) is 9.98. The quantitative estimate of drug-likeness (QED) is 0.141. The topological polar surface area (TPSA) is 134 Å². The van der Waals surface area contributed by atoms with Crippen LogP contribution >= 0.6 is 27.5 Å². The number of hydrogen-bond donors (Lipinski definition) is 5. The van der Waals surface area contributed by atoms with Crippen molar-refractivity contribution in [2.75, 3.05) is 32.2 Å². The van der Waals surface area contributed by atoms with Crippen molar-refractivity contribution in [3.8, 4) is 11.5 Å². The second-order valence-electron chi connectivity index (χ2n) is 8.82. The highest BCUT2D eigenvalue weighted by Gasteiger charge is 2.24. The van der Waals surface area contributed by atoms with Crippen LogP contribution in [0.2, 0.25) is 0 Å². The van der Waals surface area contributed by atoms with E-state index in [9.17, 15) is 15.3 Å². The number of nitrogens with zero attached hydrogens (tertiary/aromatic N) is 1. The Kier molecular flexibility index (Phi) is 11.1. The maximum absolute atomic E-state index is 10.2. The third kappa shape index (κ3) is 8.27. The fourth-order valence-electron chi connectivity index (χ4n) is 3.40. The lowest BCUT2D eigenvalue weighted by molar-refractivity contribution is 0.0741. The first-order chi connectivity index (χ1) is 16.5. The lowest BCUT2D eigenvalue weighted by atomic mass is 9.78. The number of allylic oxidation sites excluding steroid dienone is 1. The summed E-state index contributed by atoms with van der Waals surface area (Å²) < 4.78 is 12.1. The lowest BCUT2D eigenvalue weighted by Crippen LogP contribution is -2.41. The summed E-state index contributed by atoms with van der Waals surface area (Å²) in [6.45, 7) is 5.78. The van der Waals surface area contributed by atoms with Gasteiger partial charge in [0.25, 0.3) is 0 Å². The molecule has 0 fully saturated rings. The van der Waals surface area contributed by atoms with E-state index in [1.807, 2.05) is 42.5 Å². The van der Waals surface area contributed by atoms with Gasteiger partial charge in [-0.1, -0.05) is 32.0 Å². The standard InChI is InChI=1S/C25H35BrClN3O5/c1-16(28)23(13-31)30(29)12-20(33)15-34-21-7-4-17(5-8-21)25(2,3)18-6-9-24(22(26)10-18)35-14-19(32)11-27/h4-10,19-20,31-33H,11-15,28-29H2,1-3H3/b23-16-/t19-,20+/m0/s1. The number of rotatable bonds is 13. The summed E-state index contributed by atoms with van der Waals surface area (Å²) in [5, 5.41) is 30.4. The van der Waals surface area contributed by atoms with Crippen LogP contribution < -0.4 is 21.1 Å². The van der Waals surface area contributed by atoms with Crippen molar-refractivity contribution in [2.45, 2.75) is 38.4 Å². The highest BCUT2D eigenvalue weighted by Crippen LogP contribution is 2.36. The first kappa shape index (κ1) is 29.2. The lowest BCUT2D eigenvalue weighted by Gasteiger charge is -2.27. The van der Waals surface area contributed by atoms with Gasteiger partial charge in [-0.2, -0.15) is 0 Å². The highest BCUT2D eigenvalue weighted by atomic mass is 79.9. The molecule has 2 aromatic carbocycles. The molecule has 0 amide bonds. The van der Waals surface area contributed by atoms with Crippen molar-refractivity contribution < 1.29 is 24.8 Å². The van der Waals surface area contributed by atoms with E-state index >= 15 is 0 Å². The Balaban J connectivity index is 2.01. The van der Waals surface area contributed by atoms with Gasteiger partial charge in [0.15, 0.2) is 0 Å². The summed E-state index contributed by atoms with van der Waals surface area (Å²) in [6, 6.07) is 13.5. The minimum absolute atomic E-state index is 0.0333. The van der Waals surface area contributed by atoms with Gasteiger partial charge in [-0.15, -0.1) is 11.6 Å². The van der Waals surface area contributed by atoms with Gasteiger partial charge in [-0.05, 0) is 58.2 Å². The third-order valence-electron chi connectivity index (χ3n) is 5.64. The maximum Gasteiger partial charge on any atom is 0.133 e. The number of aliphatic hydroxyl groups is 3. The van der Waals surface area contributed by atoms with Gasteiger partial charge >= 0.3 is 0 Å². The number of hydrogen-bond acceptors (Lipinski definition) is 8. The molecule has 0 radical (unpaired) electrons. The summed E-state index contributed by atoms with van der Waals surface area (Å²) in [5.41, 5.74) is 8.28.